The van der Waals surface area contributed by atoms with Crippen LogP contribution in [0.3, 0.4) is 0 Å². The standard InChI is InChI=1S/C28H56N2O3/c1-23(2)29-14-12-24(13-15-29)22-30(25-20-26(21-25)33-28(6,7)8)16-19-31-17-10-9-11-18-32-27(3,4)5/h23-26H,9-22H2,1-8H3/t25-,26-. The maximum atomic E-state index is 6.22. The van der Waals surface area contributed by atoms with Crippen molar-refractivity contribution in [1.29, 1.82) is 0 Å². The largest absolute Gasteiger partial charge is 0.380 e. The van der Waals surface area contributed by atoms with Crippen molar-refractivity contribution in [2.24, 2.45) is 5.92 Å². The van der Waals surface area contributed by atoms with Crippen molar-refractivity contribution in [3.63, 3.8) is 0 Å². The van der Waals surface area contributed by atoms with E-state index in [4.69, 9.17) is 14.2 Å². The predicted molar refractivity (Wildman–Crippen MR) is 139 cm³/mol. The zero-order valence-corrected chi connectivity index (χ0v) is 23.3. The second-order valence-electron chi connectivity index (χ2n) is 12.7. The highest BCUT2D eigenvalue weighted by Gasteiger charge is 2.37. The average molecular weight is 469 g/mol. The van der Waals surface area contributed by atoms with Gasteiger partial charge in [0.25, 0.3) is 0 Å². The molecule has 2 fully saturated rings. The molecule has 1 heterocycles. The van der Waals surface area contributed by atoms with Crippen LogP contribution in [0.5, 0.6) is 0 Å². The molecule has 0 aromatic heterocycles. The van der Waals surface area contributed by atoms with Gasteiger partial charge >= 0.3 is 0 Å². The van der Waals surface area contributed by atoms with Crippen molar-refractivity contribution in [3.05, 3.63) is 0 Å². The summed E-state index contributed by atoms with van der Waals surface area (Å²) >= 11 is 0. The number of rotatable bonds is 14. The average Bonchev–Trinajstić information content (AvgIpc) is 2.67. The van der Waals surface area contributed by atoms with Crippen molar-refractivity contribution >= 4 is 0 Å². The summed E-state index contributed by atoms with van der Waals surface area (Å²) in [5.74, 6) is 0.824. The van der Waals surface area contributed by atoms with E-state index in [1.54, 1.807) is 0 Å². The molecule has 5 heteroatoms. The number of hydrogen-bond donors (Lipinski definition) is 0. The van der Waals surface area contributed by atoms with Gasteiger partial charge in [0, 0.05) is 38.4 Å². The third-order valence-electron chi connectivity index (χ3n) is 6.97. The van der Waals surface area contributed by atoms with Gasteiger partial charge in [-0.1, -0.05) is 0 Å². The summed E-state index contributed by atoms with van der Waals surface area (Å²) in [4.78, 5) is 5.36. The molecular formula is C28H56N2O3. The van der Waals surface area contributed by atoms with Gasteiger partial charge in [0.1, 0.15) is 0 Å². The van der Waals surface area contributed by atoms with E-state index in [9.17, 15) is 0 Å². The van der Waals surface area contributed by atoms with Gasteiger partial charge in [-0.3, -0.25) is 4.90 Å². The molecule has 0 atom stereocenters. The molecule has 0 aromatic rings. The van der Waals surface area contributed by atoms with Crippen LogP contribution in [0.15, 0.2) is 0 Å². The fourth-order valence-electron chi connectivity index (χ4n) is 4.98. The molecule has 1 aliphatic heterocycles. The molecule has 0 spiro atoms. The molecule has 0 bridgehead atoms. The van der Waals surface area contributed by atoms with Crippen LogP contribution in [-0.2, 0) is 14.2 Å². The molecule has 0 N–H and O–H groups in total. The first-order chi connectivity index (χ1) is 15.4. The summed E-state index contributed by atoms with van der Waals surface area (Å²) in [5.41, 5.74) is -0.0605. The van der Waals surface area contributed by atoms with Gasteiger partial charge in [0.2, 0.25) is 0 Å². The van der Waals surface area contributed by atoms with Crippen LogP contribution in [0.25, 0.3) is 0 Å². The van der Waals surface area contributed by atoms with Crippen molar-refractivity contribution in [3.8, 4) is 0 Å². The first kappa shape index (κ1) is 29.0. The number of hydrogen-bond acceptors (Lipinski definition) is 5. The Bertz CT molecular complexity index is 512. The number of piperidine rings is 1. The van der Waals surface area contributed by atoms with Crippen LogP contribution in [0.4, 0.5) is 0 Å². The zero-order chi connectivity index (χ0) is 24.5. The van der Waals surface area contributed by atoms with Crippen LogP contribution < -0.4 is 0 Å². The van der Waals surface area contributed by atoms with E-state index in [0.717, 1.165) is 45.1 Å². The first-order valence-corrected chi connectivity index (χ1v) is 13.8. The van der Waals surface area contributed by atoms with Gasteiger partial charge in [0.15, 0.2) is 0 Å². The van der Waals surface area contributed by atoms with Crippen LogP contribution in [0.1, 0.15) is 100 Å². The van der Waals surface area contributed by atoms with Crippen molar-refractivity contribution in [2.45, 2.75) is 130 Å². The van der Waals surface area contributed by atoms with E-state index in [1.165, 1.54) is 51.7 Å². The third-order valence-corrected chi connectivity index (χ3v) is 6.97. The minimum absolute atomic E-state index is 0.0240. The number of unbranched alkanes of at least 4 members (excludes halogenated alkanes) is 2. The highest BCUT2D eigenvalue weighted by Crippen LogP contribution is 2.33. The highest BCUT2D eigenvalue weighted by molar-refractivity contribution is 4.91. The van der Waals surface area contributed by atoms with Gasteiger partial charge < -0.3 is 19.1 Å². The van der Waals surface area contributed by atoms with Gasteiger partial charge in [-0.05, 0) is 119 Å². The second-order valence-corrected chi connectivity index (χ2v) is 12.7. The molecule has 2 rings (SSSR count). The topological polar surface area (TPSA) is 34.2 Å². The Morgan fingerprint density at radius 2 is 1.48 bits per heavy atom. The fourth-order valence-corrected chi connectivity index (χ4v) is 4.98. The molecule has 5 nitrogen and oxygen atoms in total. The maximum Gasteiger partial charge on any atom is 0.0612 e. The zero-order valence-electron chi connectivity index (χ0n) is 23.3. The normalized spacial score (nSPS) is 23.5. The number of likely N-dealkylation sites (tertiary alicyclic amines) is 1. The lowest BCUT2D eigenvalue weighted by Gasteiger charge is -2.46. The lowest BCUT2D eigenvalue weighted by molar-refractivity contribution is -0.123. The summed E-state index contributed by atoms with van der Waals surface area (Å²) in [7, 11) is 0. The Morgan fingerprint density at radius 3 is 2.06 bits per heavy atom. The SMILES string of the molecule is CC(C)N1CCC(CN(CCOCCCCCOC(C)(C)C)[C@H]2C[C@H](OC(C)(C)C)C2)CC1. The molecule has 0 aromatic carbocycles. The summed E-state index contributed by atoms with van der Waals surface area (Å²) in [6.07, 6.45) is 8.89. The molecule has 1 saturated heterocycles. The summed E-state index contributed by atoms with van der Waals surface area (Å²) < 4.78 is 18.1. The van der Waals surface area contributed by atoms with Crippen LogP contribution >= 0.6 is 0 Å². The van der Waals surface area contributed by atoms with E-state index in [1.807, 2.05) is 0 Å². The predicted octanol–water partition coefficient (Wildman–Crippen LogP) is 5.76. The third kappa shape index (κ3) is 12.4. The van der Waals surface area contributed by atoms with Gasteiger partial charge in [0.05, 0.1) is 23.9 Å². The van der Waals surface area contributed by atoms with E-state index in [-0.39, 0.29) is 11.2 Å². The summed E-state index contributed by atoms with van der Waals surface area (Å²) in [5, 5.41) is 0. The van der Waals surface area contributed by atoms with Crippen molar-refractivity contribution in [2.75, 3.05) is 46.0 Å². The number of nitrogens with zero attached hydrogens (tertiary/aromatic N) is 2. The Kier molecular flexibility index (Phi) is 12.1. The fraction of sp³-hybridized carbons (Fsp3) is 1.00. The van der Waals surface area contributed by atoms with Crippen LogP contribution in [-0.4, -0.2) is 85.2 Å². The molecule has 2 aliphatic rings. The molecule has 0 unspecified atom stereocenters. The van der Waals surface area contributed by atoms with Gasteiger partial charge in [-0.2, -0.15) is 0 Å². The Hall–Kier alpha value is -0.200. The smallest absolute Gasteiger partial charge is 0.0612 e. The highest BCUT2D eigenvalue weighted by atomic mass is 16.5. The lowest BCUT2D eigenvalue weighted by atomic mass is 9.85. The summed E-state index contributed by atoms with van der Waals surface area (Å²) in [6, 6.07) is 1.34. The molecule has 33 heavy (non-hydrogen) atoms. The van der Waals surface area contributed by atoms with Gasteiger partial charge in [-0.15, -0.1) is 0 Å². The molecule has 1 aliphatic carbocycles. The van der Waals surface area contributed by atoms with Crippen molar-refractivity contribution < 1.29 is 14.2 Å². The van der Waals surface area contributed by atoms with Crippen LogP contribution in [0.2, 0.25) is 0 Å². The monoisotopic (exact) mass is 468 g/mol. The Morgan fingerprint density at radius 1 is 0.848 bits per heavy atom. The summed E-state index contributed by atoms with van der Waals surface area (Å²) in [6.45, 7) is 24.9. The molecule has 0 amide bonds. The number of ether oxygens (including phenoxy) is 3. The minimum Gasteiger partial charge on any atom is -0.380 e. The van der Waals surface area contributed by atoms with Crippen molar-refractivity contribution in [1.82, 2.24) is 9.80 Å². The van der Waals surface area contributed by atoms with E-state index >= 15 is 0 Å². The molecular weight excluding hydrogens is 412 g/mol. The van der Waals surface area contributed by atoms with Gasteiger partial charge in [-0.25, -0.2) is 0 Å². The first-order valence-electron chi connectivity index (χ1n) is 13.8. The van der Waals surface area contributed by atoms with E-state index in [2.05, 4.69) is 65.2 Å². The molecule has 1 saturated carbocycles. The molecule has 0 radical (unpaired) electrons. The van der Waals surface area contributed by atoms with E-state index < -0.39 is 0 Å². The Balaban J connectivity index is 1.68. The second kappa shape index (κ2) is 13.8. The van der Waals surface area contributed by atoms with Crippen LogP contribution in [0, 0.1) is 5.92 Å². The lowest BCUT2D eigenvalue weighted by Crippen LogP contribution is -2.53. The quantitative estimate of drug-likeness (QED) is 0.303. The Labute approximate surface area is 205 Å². The van der Waals surface area contributed by atoms with E-state index in [0.29, 0.717) is 18.2 Å². The minimum atomic E-state index is -0.0365. The maximum absolute atomic E-state index is 6.22. The molecule has 196 valence electrons.